The molecule has 0 saturated carbocycles. The summed E-state index contributed by atoms with van der Waals surface area (Å²) in [4.78, 5) is 28.5. The molecule has 0 atom stereocenters. The van der Waals surface area contributed by atoms with Gasteiger partial charge in [0.25, 0.3) is 5.91 Å². The lowest BCUT2D eigenvalue weighted by atomic mass is 10.00. The van der Waals surface area contributed by atoms with Crippen LogP contribution < -0.4 is 14.9 Å². The van der Waals surface area contributed by atoms with Gasteiger partial charge in [-0.05, 0) is 61.0 Å². The lowest BCUT2D eigenvalue weighted by Gasteiger charge is -2.12. The van der Waals surface area contributed by atoms with E-state index in [0.29, 0.717) is 17.2 Å². The maximum Gasteiger partial charge on any atom is 0.418 e. The van der Waals surface area contributed by atoms with E-state index in [1.807, 2.05) is 0 Å². The number of halogens is 7. The summed E-state index contributed by atoms with van der Waals surface area (Å²) in [5.74, 6) is -1.94. The summed E-state index contributed by atoms with van der Waals surface area (Å²) in [6, 6.07) is 17.9. The number of nitrogens with zero attached hydrogens (tertiary/aromatic N) is 1. The number of ether oxygens (including phenoxy) is 2. The Balaban J connectivity index is 1.41. The molecule has 0 aliphatic rings. The van der Waals surface area contributed by atoms with Gasteiger partial charge in [-0.25, -0.2) is 10.2 Å². The molecule has 0 fully saturated rings. The van der Waals surface area contributed by atoms with Crippen molar-refractivity contribution < 1.29 is 45.4 Å². The van der Waals surface area contributed by atoms with Gasteiger partial charge in [0.1, 0.15) is 5.69 Å². The van der Waals surface area contributed by atoms with E-state index in [-0.39, 0.29) is 50.9 Å². The van der Waals surface area contributed by atoms with Gasteiger partial charge in [0.2, 0.25) is 0 Å². The van der Waals surface area contributed by atoms with Crippen molar-refractivity contribution >= 4 is 40.6 Å². The van der Waals surface area contributed by atoms with Crippen molar-refractivity contribution in [2.24, 2.45) is 5.10 Å². The number of carbonyl (C=O) groups is 2. The molecule has 7 nitrogen and oxygen atoms in total. The summed E-state index contributed by atoms with van der Waals surface area (Å²) in [6.45, 7) is 1.79. The van der Waals surface area contributed by atoms with Crippen LogP contribution in [0.5, 0.6) is 11.5 Å². The number of H-pyrrole nitrogens is 1. The van der Waals surface area contributed by atoms with Gasteiger partial charge < -0.3 is 14.5 Å². The molecule has 2 N–H and O–H groups in total. The molecule has 242 valence electrons. The zero-order valence-corrected chi connectivity index (χ0v) is 24.8. The summed E-state index contributed by atoms with van der Waals surface area (Å²) >= 11 is 6.37. The van der Waals surface area contributed by atoms with Gasteiger partial charge in [-0.3, -0.25) is 4.79 Å². The summed E-state index contributed by atoms with van der Waals surface area (Å²) in [5.41, 5.74) is 0.274. The topological polar surface area (TPSA) is 92.8 Å². The van der Waals surface area contributed by atoms with Gasteiger partial charge >= 0.3 is 18.3 Å². The molecular formula is C33H22ClF6N3O4. The molecule has 0 aliphatic carbocycles. The van der Waals surface area contributed by atoms with Gasteiger partial charge in [-0.1, -0.05) is 48.0 Å². The van der Waals surface area contributed by atoms with Crippen molar-refractivity contribution in [3.63, 3.8) is 0 Å². The highest BCUT2D eigenvalue weighted by Gasteiger charge is 2.35. The van der Waals surface area contributed by atoms with Crippen molar-refractivity contribution in [1.29, 1.82) is 0 Å². The van der Waals surface area contributed by atoms with E-state index < -0.39 is 35.4 Å². The average Bonchev–Trinajstić information content (AvgIpc) is 3.41. The standard InChI is InChI=1S/C33H22ClF6N3O4/c1-2-46-26-15-18(13-14-25(26)47-31(45)19-7-5-8-20(16-19)32(35,36)37)17-41-43-30(44)29-27(21-9-3-4-12-24(21)34)22-10-6-11-23(28(22)42-29)33(38,39)40/h3-17,42H,2H2,1H3,(H,43,44). The zero-order valence-electron chi connectivity index (χ0n) is 24.1. The number of amides is 1. The van der Waals surface area contributed by atoms with Crippen LogP contribution in [0, 0.1) is 0 Å². The maximum absolute atomic E-state index is 13.8. The molecule has 0 unspecified atom stereocenters. The number of fused-ring (bicyclic) bond motifs is 1. The number of para-hydroxylation sites is 1. The Morgan fingerprint density at radius 3 is 2.34 bits per heavy atom. The number of aromatic amines is 1. The van der Waals surface area contributed by atoms with Crippen LogP contribution in [0.15, 0.2) is 90.0 Å². The monoisotopic (exact) mass is 673 g/mol. The first-order chi connectivity index (χ1) is 22.3. The molecule has 0 spiro atoms. The number of alkyl halides is 6. The highest BCUT2D eigenvalue weighted by molar-refractivity contribution is 6.34. The number of rotatable bonds is 8. The number of hydrogen-bond acceptors (Lipinski definition) is 5. The first-order valence-corrected chi connectivity index (χ1v) is 14.1. The number of hydrogen-bond donors (Lipinski definition) is 2. The summed E-state index contributed by atoms with van der Waals surface area (Å²) < 4.78 is 91.5. The Labute approximate surface area is 267 Å². The Bertz CT molecular complexity index is 2000. The first-order valence-electron chi connectivity index (χ1n) is 13.7. The lowest BCUT2D eigenvalue weighted by Crippen LogP contribution is -2.19. The van der Waals surface area contributed by atoms with Crippen molar-refractivity contribution in [3.05, 3.63) is 118 Å². The van der Waals surface area contributed by atoms with E-state index in [4.69, 9.17) is 21.1 Å². The molecule has 4 aromatic carbocycles. The molecule has 0 radical (unpaired) electrons. The normalized spacial score (nSPS) is 12.0. The molecule has 0 aliphatic heterocycles. The van der Waals surface area contributed by atoms with E-state index in [0.717, 1.165) is 18.2 Å². The first kappa shape index (κ1) is 33.1. The maximum atomic E-state index is 13.8. The quantitative estimate of drug-likeness (QED) is 0.0566. The number of nitrogens with one attached hydrogen (secondary N) is 2. The summed E-state index contributed by atoms with van der Waals surface area (Å²) in [7, 11) is 0. The summed E-state index contributed by atoms with van der Waals surface area (Å²) in [5, 5.41) is 4.25. The van der Waals surface area contributed by atoms with Crippen LogP contribution in [0.3, 0.4) is 0 Å². The Kier molecular flexibility index (Phi) is 9.29. The average molecular weight is 674 g/mol. The highest BCUT2D eigenvalue weighted by atomic mass is 35.5. The molecule has 1 aromatic heterocycles. The minimum absolute atomic E-state index is 0.0550. The SMILES string of the molecule is CCOc1cc(C=NNC(=O)c2[nH]c3c(C(F)(F)F)cccc3c2-c2ccccc2Cl)ccc1OC(=O)c1cccc(C(F)(F)F)c1. The molecule has 1 amide bonds. The fraction of sp³-hybridized carbons (Fsp3) is 0.121. The third kappa shape index (κ3) is 7.25. The number of benzene rings is 4. The minimum atomic E-state index is -4.71. The van der Waals surface area contributed by atoms with E-state index in [1.165, 1.54) is 42.6 Å². The predicted molar refractivity (Wildman–Crippen MR) is 163 cm³/mol. The van der Waals surface area contributed by atoms with Crippen molar-refractivity contribution in [3.8, 4) is 22.6 Å². The number of aromatic nitrogens is 1. The van der Waals surface area contributed by atoms with Crippen LogP contribution in [0.25, 0.3) is 22.0 Å². The molecule has 47 heavy (non-hydrogen) atoms. The number of carbonyl (C=O) groups excluding carboxylic acids is 2. The lowest BCUT2D eigenvalue weighted by molar-refractivity contribution is -0.138. The van der Waals surface area contributed by atoms with Crippen LogP contribution in [-0.2, 0) is 12.4 Å². The van der Waals surface area contributed by atoms with Gasteiger partial charge in [0, 0.05) is 21.5 Å². The largest absolute Gasteiger partial charge is 0.490 e. The fourth-order valence-electron chi connectivity index (χ4n) is 4.73. The predicted octanol–water partition coefficient (Wildman–Crippen LogP) is 8.91. The molecule has 5 rings (SSSR count). The van der Waals surface area contributed by atoms with Crippen LogP contribution in [-0.4, -0.2) is 29.7 Å². The van der Waals surface area contributed by atoms with Crippen molar-refractivity contribution in [2.75, 3.05) is 6.61 Å². The Morgan fingerprint density at radius 2 is 1.64 bits per heavy atom. The smallest absolute Gasteiger partial charge is 0.418 e. The van der Waals surface area contributed by atoms with E-state index in [1.54, 1.807) is 31.2 Å². The van der Waals surface area contributed by atoms with Crippen LogP contribution in [0.4, 0.5) is 26.3 Å². The molecule has 0 bridgehead atoms. The molecular weight excluding hydrogens is 652 g/mol. The Morgan fingerprint density at radius 1 is 0.894 bits per heavy atom. The molecule has 5 aromatic rings. The van der Waals surface area contributed by atoms with E-state index in [9.17, 15) is 35.9 Å². The third-order valence-corrected chi connectivity index (χ3v) is 7.11. The molecule has 1 heterocycles. The van der Waals surface area contributed by atoms with Gasteiger partial charge in [-0.15, -0.1) is 0 Å². The van der Waals surface area contributed by atoms with Gasteiger partial charge in [-0.2, -0.15) is 31.4 Å². The molecule has 14 heteroatoms. The number of hydrazone groups is 1. The second-order valence-electron chi connectivity index (χ2n) is 9.89. The second kappa shape index (κ2) is 13.2. The van der Waals surface area contributed by atoms with Gasteiger partial charge in [0.15, 0.2) is 11.5 Å². The second-order valence-corrected chi connectivity index (χ2v) is 10.3. The van der Waals surface area contributed by atoms with Crippen LogP contribution >= 0.6 is 11.6 Å². The minimum Gasteiger partial charge on any atom is -0.490 e. The van der Waals surface area contributed by atoms with Crippen molar-refractivity contribution in [1.82, 2.24) is 10.4 Å². The zero-order chi connectivity index (χ0) is 33.9. The van der Waals surface area contributed by atoms with Gasteiger partial charge in [0.05, 0.1) is 35.0 Å². The van der Waals surface area contributed by atoms with Crippen LogP contribution in [0.1, 0.15) is 44.5 Å². The molecule has 0 saturated heterocycles. The fourth-order valence-corrected chi connectivity index (χ4v) is 4.96. The summed E-state index contributed by atoms with van der Waals surface area (Å²) in [6.07, 6.45) is -8.16. The third-order valence-electron chi connectivity index (χ3n) is 6.79. The van der Waals surface area contributed by atoms with Crippen LogP contribution in [0.2, 0.25) is 5.02 Å². The Hall–Kier alpha value is -5.30. The van der Waals surface area contributed by atoms with E-state index >= 15 is 0 Å². The number of esters is 1. The van der Waals surface area contributed by atoms with E-state index in [2.05, 4.69) is 15.5 Å². The highest BCUT2D eigenvalue weighted by Crippen LogP contribution is 2.41. The van der Waals surface area contributed by atoms with Crippen molar-refractivity contribution in [2.45, 2.75) is 19.3 Å².